The van der Waals surface area contributed by atoms with Crippen LogP contribution in [-0.4, -0.2) is 57.2 Å². The molecule has 0 radical (unpaired) electrons. The fourth-order valence-electron chi connectivity index (χ4n) is 4.55. The minimum atomic E-state index is 0.150. The lowest BCUT2D eigenvalue weighted by molar-refractivity contribution is 0.0650. The molecule has 2 aromatic rings. The molecule has 0 aliphatic carbocycles. The van der Waals surface area contributed by atoms with Gasteiger partial charge in [0, 0.05) is 31.0 Å². The van der Waals surface area contributed by atoms with Crippen molar-refractivity contribution in [3.63, 3.8) is 0 Å². The van der Waals surface area contributed by atoms with E-state index in [-0.39, 0.29) is 5.91 Å². The van der Waals surface area contributed by atoms with Crippen LogP contribution in [0.5, 0.6) is 0 Å². The number of rotatable bonds is 4. The minimum absolute atomic E-state index is 0.150. The Bertz CT molecular complexity index is 727. The summed E-state index contributed by atoms with van der Waals surface area (Å²) in [5.41, 5.74) is 1.61. The maximum atomic E-state index is 13.4. The van der Waals surface area contributed by atoms with Gasteiger partial charge in [0.1, 0.15) is 0 Å². The lowest BCUT2D eigenvalue weighted by Crippen LogP contribution is -2.48. The second-order valence-corrected chi connectivity index (χ2v) is 7.01. The van der Waals surface area contributed by atoms with Crippen LogP contribution >= 0.6 is 0 Å². The van der Waals surface area contributed by atoms with E-state index in [9.17, 15) is 4.79 Å². The monoisotopic (exact) mass is 338 g/mol. The summed E-state index contributed by atoms with van der Waals surface area (Å²) in [6, 6.07) is 10.6. The van der Waals surface area contributed by atoms with Gasteiger partial charge in [0.25, 0.3) is 5.91 Å². The summed E-state index contributed by atoms with van der Waals surface area (Å²) in [4.78, 5) is 18.1. The van der Waals surface area contributed by atoms with Gasteiger partial charge in [-0.15, -0.1) is 0 Å². The summed E-state index contributed by atoms with van der Waals surface area (Å²) in [5.74, 6) is 0.150. The van der Waals surface area contributed by atoms with Crippen molar-refractivity contribution in [1.29, 1.82) is 0 Å². The highest BCUT2D eigenvalue weighted by atomic mass is 16.2. The third kappa shape index (κ3) is 2.97. The van der Waals surface area contributed by atoms with Crippen LogP contribution in [0.25, 0.3) is 5.69 Å². The van der Waals surface area contributed by atoms with E-state index in [0.29, 0.717) is 12.1 Å². The first-order chi connectivity index (χ1) is 12.3. The van der Waals surface area contributed by atoms with Crippen LogP contribution in [0.15, 0.2) is 42.7 Å². The fourth-order valence-corrected chi connectivity index (χ4v) is 4.55. The van der Waals surface area contributed by atoms with Gasteiger partial charge in [0.2, 0.25) is 0 Å². The van der Waals surface area contributed by atoms with Gasteiger partial charge in [-0.3, -0.25) is 9.69 Å². The Labute approximate surface area is 149 Å². The Kier molecular flexibility index (Phi) is 4.57. The first kappa shape index (κ1) is 16.3. The molecule has 1 aromatic carbocycles. The first-order valence-electron chi connectivity index (χ1n) is 9.43. The predicted octanol–water partition coefficient (Wildman–Crippen LogP) is 2.96. The van der Waals surface area contributed by atoms with Crippen LogP contribution in [0.4, 0.5) is 0 Å². The van der Waals surface area contributed by atoms with E-state index in [2.05, 4.69) is 21.8 Å². The SMILES string of the molecule is CCN1CCCC1C1CCCN1C(=O)c1ccccc1-n1cccn1. The average Bonchev–Trinajstić information content (AvgIpc) is 3.41. The molecule has 1 amide bonds. The molecule has 2 fully saturated rings. The van der Waals surface area contributed by atoms with E-state index in [1.807, 2.05) is 36.5 Å². The number of carbonyl (C=O) groups excluding carboxylic acids is 1. The van der Waals surface area contributed by atoms with E-state index in [1.54, 1.807) is 10.9 Å². The molecule has 0 N–H and O–H groups in total. The highest BCUT2D eigenvalue weighted by molar-refractivity contribution is 5.98. The minimum Gasteiger partial charge on any atom is -0.334 e. The van der Waals surface area contributed by atoms with Crippen molar-refractivity contribution in [3.8, 4) is 5.69 Å². The Morgan fingerprint density at radius 1 is 1.12 bits per heavy atom. The molecule has 2 saturated heterocycles. The Morgan fingerprint density at radius 3 is 2.72 bits per heavy atom. The fraction of sp³-hybridized carbons (Fsp3) is 0.500. The third-order valence-corrected chi connectivity index (χ3v) is 5.71. The van der Waals surface area contributed by atoms with Gasteiger partial charge in [-0.05, 0) is 57.0 Å². The van der Waals surface area contributed by atoms with Crippen molar-refractivity contribution in [2.24, 2.45) is 0 Å². The summed E-state index contributed by atoms with van der Waals surface area (Å²) < 4.78 is 1.78. The Balaban J connectivity index is 1.63. The number of carbonyl (C=O) groups is 1. The second kappa shape index (κ2) is 7.00. The van der Waals surface area contributed by atoms with Crippen LogP contribution < -0.4 is 0 Å². The van der Waals surface area contributed by atoms with Gasteiger partial charge in [-0.2, -0.15) is 5.10 Å². The molecule has 2 unspecified atom stereocenters. The molecule has 0 spiro atoms. The normalized spacial score (nSPS) is 24.1. The van der Waals surface area contributed by atoms with Crippen LogP contribution in [0, 0.1) is 0 Å². The number of likely N-dealkylation sites (tertiary alicyclic amines) is 2. The molecule has 3 heterocycles. The van der Waals surface area contributed by atoms with Gasteiger partial charge >= 0.3 is 0 Å². The topological polar surface area (TPSA) is 41.4 Å². The number of likely N-dealkylation sites (N-methyl/N-ethyl adjacent to an activating group) is 1. The molecular weight excluding hydrogens is 312 g/mol. The zero-order chi connectivity index (χ0) is 17.2. The predicted molar refractivity (Wildman–Crippen MR) is 97.9 cm³/mol. The molecule has 5 nitrogen and oxygen atoms in total. The van der Waals surface area contributed by atoms with E-state index < -0.39 is 0 Å². The lowest BCUT2D eigenvalue weighted by Gasteiger charge is -2.34. The third-order valence-electron chi connectivity index (χ3n) is 5.71. The molecular formula is C20H26N4O. The van der Waals surface area contributed by atoms with E-state index in [4.69, 9.17) is 0 Å². The Morgan fingerprint density at radius 2 is 1.92 bits per heavy atom. The van der Waals surface area contributed by atoms with Crippen molar-refractivity contribution < 1.29 is 4.79 Å². The van der Waals surface area contributed by atoms with E-state index in [0.717, 1.165) is 37.2 Å². The molecule has 4 rings (SSSR count). The lowest BCUT2D eigenvalue weighted by atomic mass is 10.0. The smallest absolute Gasteiger partial charge is 0.256 e. The number of aromatic nitrogens is 2. The first-order valence-corrected chi connectivity index (χ1v) is 9.43. The van der Waals surface area contributed by atoms with Crippen LogP contribution in [0.1, 0.15) is 43.0 Å². The summed E-state index contributed by atoms with van der Waals surface area (Å²) in [6.45, 7) is 5.34. The van der Waals surface area contributed by atoms with Crippen molar-refractivity contribution in [1.82, 2.24) is 19.6 Å². The number of hydrogen-bond donors (Lipinski definition) is 0. The second-order valence-electron chi connectivity index (χ2n) is 7.01. The molecule has 0 saturated carbocycles. The van der Waals surface area contributed by atoms with Crippen molar-refractivity contribution in [2.45, 2.75) is 44.7 Å². The van der Waals surface area contributed by atoms with Gasteiger partial charge in [-0.25, -0.2) is 4.68 Å². The highest BCUT2D eigenvalue weighted by Crippen LogP contribution is 2.31. The zero-order valence-corrected chi connectivity index (χ0v) is 14.8. The molecule has 0 bridgehead atoms. The van der Waals surface area contributed by atoms with Gasteiger partial charge in [-0.1, -0.05) is 19.1 Å². The maximum Gasteiger partial charge on any atom is 0.256 e. The van der Waals surface area contributed by atoms with Crippen LogP contribution in [-0.2, 0) is 0 Å². The summed E-state index contributed by atoms with van der Waals surface area (Å²) in [7, 11) is 0. The van der Waals surface area contributed by atoms with Gasteiger partial charge < -0.3 is 4.90 Å². The molecule has 1 aromatic heterocycles. The van der Waals surface area contributed by atoms with E-state index >= 15 is 0 Å². The number of nitrogens with zero attached hydrogens (tertiary/aromatic N) is 4. The van der Waals surface area contributed by atoms with Crippen molar-refractivity contribution in [3.05, 3.63) is 48.3 Å². The number of hydrogen-bond acceptors (Lipinski definition) is 3. The number of para-hydroxylation sites is 1. The quantitative estimate of drug-likeness (QED) is 0.861. The van der Waals surface area contributed by atoms with Crippen LogP contribution in [0.3, 0.4) is 0 Å². The number of amides is 1. The molecule has 2 aliphatic rings. The van der Waals surface area contributed by atoms with Crippen LogP contribution in [0.2, 0.25) is 0 Å². The molecule has 5 heteroatoms. The molecule has 2 aliphatic heterocycles. The molecule has 2 atom stereocenters. The van der Waals surface area contributed by atoms with E-state index in [1.165, 1.54) is 19.4 Å². The highest BCUT2D eigenvalue weighted by Gasteiger charge is 2.39. The Hall–Kier alpha value is -2.14. The summed E-state index contributed by atoms with van der Waals surface area (Å²) in [6.07, 6.45) is 8.33. The van der Waals surface area contributed by atoms with Crippen molar-refractivity contribution >= 4 is 5.91 Å². The molecule has 132 valence electrons. The maximum absolute atomic E-state index is 13.4. The largest absolute Gasteiger partial charge is 0.334 e. The average molecular weight is 338 g/mol. The standard InChI is InChI=1S/C20H26N4O/c1-2-22-13-5-10-18(22)19-11-6-14-23(19)20(25)16-8-3-4-9-17(16)24-15-7-12-21-24/h3-4,7-9,12,15,18-19H,2,5-6,10-11,13-14H2,1H3. The van der Waals surface area contributed by atoms with Gasteiger partial charge in [0.15, 0.2) is 0 Å². The van der Waals surface area contributed by atoms with Gasteiger partial charge in [0.05, 0.1) is 11.3 Å². The summed E-state index contributed by atoms with van der Waals surface area (Å²) in [5, 5.41) is 4.32. The molecule has 25 heavy (non-hydrogen) atoms. The zero-order valence-electron chi connectivity index (χ0n) is 14.8. The van der Waals surface area contributed by atoms with Crippen molar-refractivity contribution in [2.75, 3.05) is 19.6 Å². The number of benzene rings is 1. The summed E-state index contributed by atoms with van der Waals surface area (Å²) >= 11 is 0.